The molecule has 1 aliphatic rings. The summed E-state index contributed by atoms with van der Waals surface area (Å²) in [5.41, 5.74) is 1.47. The number of nitrogens with one attached hydrogen (secondary N) is 1. The molecule has 0 spiro atoms. The third kappa shape index (κ3) is 2.18. The van der Waals surface area contributed by atoms with Gasteiger partial charge in [-0.05, 0) is 19.0 Å². The van der Waals surface area contributed by atoms with E-state index in [9.17, 15) is 4.79 Å². The minimum atomic E-state index is 0.00130. The van der Waals surface area contributed by atoms with Gasteiger partial charge in [-0.2, -0.15) is 0 Å². The Morgan fingerprint density at radius 1 is 1.44 bits per heavy atom. The van der Waals surface area contributed by atoms with Gasteiger partial charge in [0, 0.05) is 11.1 Å². The van der Waals surface area contributed by atoms with Crippen LogP contribution in [0.4, 0.5) is 0 Å². The first-order chi connectivity index (χ1) is 8.56. The largest absolute Gasteiger partial charge is 0.453 e. The van der Waals surface area contributed by atoms with E-state index in [0.29, 0.717) is 22.1 Å². The summed E-state index contributed by atoms with van der Waals surface area (Å²) in [6, 6.07) is 1.67. The average molecular weight is 270 g/mol. The number of hydrogen-bond acceptors (Lipinski definition) is 4. The summed E-state index contributed by atoms with van der Waals surface area (Å²) in [5, 5.41) is 3.28. The van der Waals surface area contributed by atoms with Crippen molar-refractivity contribution in [2.24, 2.45) is 0 Å². The van der Waals surface area contributed by atoms with Crippen molar-refractivity contribution in [3.63, 3.8) is 0 Å². The lowest BCUT2D eigenvalue weighted by Crippen LogP contribution is -2.20. The van der Waals surface area contributed by atoms with Crippen LogP contribution in [-0.2, 0) is 0 Å². The zero-order valence-electron chi connectivity index (χ0n) is 10.7. The SMILES string of the molecule is CNCC(=O)c1cc(Cl)c2c(c1C(C)C)OCO2. The number of halogens is 1. The van der Waals surface area contributed by atoms with Gasteiger partial charge < -0.3 is 14.8 Å². The molecule has 1 aromatic rings. The number of likely N-dealkylation sites (N-methyl/N-ethyl adjacent to an activating group) is 1. The molecule has 98 valence electrons. The van der Waals surface area contributed by atoms with Crippen molar-refractivity contribution in [3.8, 4) is 11.5 Å². The molecule has 0 aromatic heterocycles. The predicted octanol–water partition coefficient (Wildman–Crippen LogP) is 2.59. The van der Waals surface area contributed by atoms with Crippen LogP contribution in [0.3, 0.4) is 0 Å². The van der Waals surface area contributed by atoms with Gasteiger partial charge in [-0.3, -0.25) is 4.79 Å². The van der Waals surface area contributed by atoms with Gasteiger partial charge in [0.15, 0.2) is 17.3 Å². The molecule has 0 atom stereocenters. The summed E-state index contributed by atoms with van der Waals surface area (Å²) in [6.07, 6.45) is 0. The number of ketones is 1. The van der Waals surface area contributed by atoms with Crippen LogP contribution in [0.25, 0.3) is 0 Å². The van der Waals surface area contributed by atoms with Crippen molar-refractivity contribution in [1.29, 1.82) is 0 Å². The molecular weight excluding hydrogens is 254 g/mol. The van der Waals surface area contributed by atoms with E-state index < -0.39 is 0 Å². The van der Waals surface area contributed by atoms with Crippen LogP contribution in [-0.4, -0.2) is 26.2 Å². The molecule has 2 rings (SSSR count). The molecule has 0 aliphatic carbocycles. The Morgan fingerprint density at radius 2 is 2.11 bits per heavy atom. The number of carbonyl (C=O) groups excluding carboxylic acids is 1. The highest BCUT2D eigenvalue weighted by molar-refractivity contribution is 6.33. The molecule has 1 N–H and O–H groups in total. The number of rotatable bonds is 4. The Hall–Kier alpha value is -1.26. The van der Waals surface area contributed by atoms with E-state index in [1.165, 1.54) is 0 Å². The fourth-order valence-corrected chi connectivity index (χ4v) is 2.36. The number of ether oxygens (including phenoxy) is 2. The first-order valence-corrected chi connectivity index (χ1v) is 6.23. The number of hydrogen-bond donors (Lipinski definition) is 1. The lowest BCUT2D eigenvalue weighted by atomic mass is 9.93. The summed E-state index contributed by atoms with van der Waals surface area (Å²) in [4.78, 5) is 12.1. The second-order valence-electron chi connectivity index (χ2n) is 4.49. The number of fused-ring (bicyclic) bond motifs is 1. The number of carbonyl (C=O) groups is 1. The molecule has 0 radical (unpaired) electrons. The molecule has 4 nitrogen and oxygen atoms in total. The number of benzene rings is 1. The van der Waals surface area contributed by atoms with E-state index in [0.717, 1.165) is 5.56 Å². The molecule has 1 aromatic carbocycles. The van der Waals surface area contributed by atoms with Crippen molar-refractivity contribution in [3.05, 3.63) is 22.2 Å². The molecule has 0 amide bonds. The molecule has 0 bridgehead atoms. The first kappa shape index (κ1) is 13.2. The zero-order valence-corrected chi connectivity index (χ0v) is 11.4. The van der Waals surface area contributed by atoms with E-state index >= 15 is 0 Å². The molecule has 0 saturated heterocycles. The van der Waals surface area contributed by atoms with Crippen molar-refractivity contribution in [1.82, 2.24) is 5.32 Å². The first-order valence-electron chi connectivity index (χ1n) is 5.86. The van der Waals surface area contributed by atoms with Gasteiger partial charge in [-0.25, -0.2) is 0 Å². The van der Waals surface area contributed by atoms with Gasteiger partial charge in [-0.15, -0.1) is 0 Å². The zero-order chi connectivity index (χ0) is 13.3. The Kier molecular flexibility index (Phi) is 3.78. The molecule has 0 saturated carbocycles. The second kappa shape index (κ2) is 5.16. The van der Waals surface area contributed by atoms with Crippen molar-refractivity contribution < 1.29 is 14.3 Å². The Bertz CT molecular complexity index is 486. The van der Waals surface area contributed by atoms with E-state index in [1.807, 2.05) is 13.8 Å². The molecule has 1 aliphatic heterocycles. The second-order valence-corrected chi connectivity index (χ2v) is 4.90. The van der Waals surface area contributed by atoms with E-state index in [4.69, 9.17) is 21.1 Å². The predicted molar refractivity (Wildman–Crippen MR) is 69.9 cm³/mol. The third-order valence-corrected chi connectivity index (χ3v) is 3.13. The van der Waals surface area contributed by atoms with E-state index in [1.54, 1.807) is 13.1 Å². The lowest BCUT2D eigenvalue weighted by molar-refractivity contribution is 0.0991. The smallest absolute Gasteiger partial charge is 0.231 e. The maximum atomic E-state index is 12.1. The van der Waals surface area contributed by atoms with Gasteiger partial charge >= 0.3 is 0 Å². The highest BCUT2D eigenvalue weighted by atomic mass is 35.5. The summed E-state index contributed by atoms with van der Waals surface area (Å²) >= 11 is 6.12. The van der Waals surface area contributed by atoms with Crippen LogP contribution in [0.15, 0.2) is 6.07 Å². The topological polar surface area (TPSA) is 47.6 Å². The van der Waals surface area contributed by atoms with Gasteiger partial charge in [0.1, 0.15) is 0 Å². The Labute approximate surface area is 111 Å². The molecular formula is C13H16ClNO3. The van der Waals surface area contributed by atoms with Crippen molar-refractivity contribution in [2.45, 2.75) is 19.8 Å². The van der Waals surface area contributed by atoms with Gasteiger partial charge in [-0.1, -0.05) is 25.4 Å². The third-order valence-electron chi connectivity index (χ3n) is 2.85. The van der Waals surface area contributed by atoms with Crippen LogP contribution < -0.4 is 14.8 Å². The maximum Gasteiger partial charge on any atom is 0.231 e. The molecule has 1 heterocycles. The average Bonchev–Trinajstić information content (AvgIpc) is 2.77. The van der Waals surface area contributed by atoms with Crippen LogP contribution in [0, 0.1) is 0 Å². The van der Waals surface area contributed by atoms with Crippen LogP contribution in [0.1, 0.15) is 35.7 Å². The molecule has 0 fully saturated rings. The minimum Gasteiger partial charge on any atom is -0.453 e. The van der Waals surface area contributed by atoms with Gasteiger partial charge in [0.25, 0.3) is 0 Å². The monoisotopic (exact) mass is 269 g/mol. The van der Waals surface area contributed by atoms with Crippen LogP contribution in [0.2, 0.25) is 5.02 Å². The highest BCUT2D eigenvalue weighted by Crippen LogP contribution is 2.46. The Morgan fingerprint density at radius 3 is 2.72 bits per heavy atom. The van der Waals surface area contributed by atoms with Crippen molar-refractivity contribution >= 4 is 17.4 Å². The normalized spacial score (nSPS) is 13.2. The lowest BCUT2D eigenvalue weighted by Gasteiger charge is -2.15. The fourth-order valence-electron chi connectivity index (χ4n) is 2.11. The molecule has 0 unspecified atom stereocenters. The summed E-state index contributed by atoms with van der Waals surface area (Å²) in [6.45, 7) is 4.46. The van der Waals surface area contributed by atoms with Crippen molar-refractivity contribution in [2.75, 3.05) is 20.4 Å². The summed E-state index contributed by atoms with van der Waals surface area (Å²) < 4.78 is 10.8. The van der Waals surface area contributed by atoms with E-state index in [-0.39, 0.29) is 25.0 Å². The maximum absolute atomic E-state index is 12.1. The standard InChI is InChI=1S/C13H16ClNO3/c1-7(2)11-8(10(16)5-15-3)4-9(14)12-13(11)18-6-17-12/h4,7,15H,5-6H2,1-3H3. The fraction of sp³-hybridized carbons (Fsp3) is 0.462. The minimum absolute atomic E-state index is 0.00130. The van der Waals surface area contributed by atoms with Gasteiger partial charge in [0.2, 0.25) is 6.79 Å². The molecule has 5 heteroatoms. The number of Topliss-reactive ketones (excluding diaryl/α,β-unsaturated/α-hetero) is 1. The quantitative estimate of drug-likeness (QED) is 0.854. The summed E-state index contributed by atoms with van der Waals surface area (Å²) in [5.74, 6) is 1.31. The summed E-state index contributed by atoms with van der Waals surface area (Å²) in [7, 11) is 1.74. The highest BCUT2D eigenvalue weighted by Gasteiger charge is 2.28. The van der Waals surface area contributed by atoms with Crippen LogP contribution in [0.5, 0.6) is 11.5 Å². The van der Waals surface area contributed by atoms with E-state index in [2.05, 4.69) is 5.32 Å². The Balaban J connectivity index is 2.58. The van der Waals surface area contributed by atoms with Crippen LogP contribution >= 0.6 is 11.6 Å². The molecule has 18 heavy (non-hydrogen) atoms. The van der Waals surface area contributed by atoms with Gasteiger partial charge in [0.05, 0.1) is 11.6 Å².